The number of rotatable bonds is 11. The lowest BCUT2D eigenvalue weighted by atomic mass is 10.1. The summed E-state index contributed by atoms with van der Waals surface area (Å²) >= 11 is 0. The van der Waals surface area contributed by atoms with E-state index < -0.39 is 27.4 Å². The Morgan fingerprint density at radius 3 is 2.19 bits per heavy atom. The van der Waals surface area contributed by atoms with Crippen molar-refractivity contribution in [3.05, 3.63) is 99.6 Å². The molecule has 3 rings (SSSR count). The largest absolute Gasteiger partial charge is 0.489 e. The lowest BCUT2D eigenvalue weighted by molar-refractivity contribution is -0.384. The summed E-state index contributed by atoms with van der Waals surface area (Å²) < 4.78 is 31.1. The van der Waals surface area contributed by atoms with Crippen molar-refractivity contribution in [2.24, 2.45) is 5.10 Å². The molecule has 0 aliphatic carbocycles. The number of nitro groups is 1. The highest BCUT2D eigenvalue weighted by molar-refractivity contribution is 7.92. The van der Waals surface area contributed by atoms with Gasteiger partial charge in [0.15, 0.2) is 0 Å². The molecular weight excluding hydrogens is 484 g/mol. The first-order valence-electron chi connectivity index (χ1n) is 11.0. The van der Waals surface area contributed by atoms with Gasteiger partial charge < -0.3 is 4.74 Å². The van der Waals surface area contributed by atoms with Gasteiger partial charge in [0.1, 0.15) is 18.9 Å². The highest BCUT2D eigenvalue weighted by atomic mass is 32.2. The van der Waals surface area contributed by atoms with E-state index in [4.69, 9.17) is 4.74 Å². The quantitative estimate of drug-likeness (QED) is 0.238. The van der Waals surface area contributed by atoms with Gasteiger partial charge in [0.2, 0.25) is 10.0 Å². The molecule has 0 heterocycles. The Morgan fingerprint density at radius 1 is 1.03 bits per heavy atom. The number of sulfonamides is 1. The molecule has 0 saturated carbocycles. The van der Waals surface area contributed by atoms with Gasteiger partial charge in [0, 0.05) is 12.1 Å². The summed E-state index contributed by atoms with van der Waals surface area (Å²) in [5.41, 5.74) is 5.30. The van der Waals surface area contributed by atoms with Crippen molar-refractivity contribution in [1.82, 2.24) is 5.43 Å². The number of carbonyl (C=O) groups is 1. The van der Waals surface area contributed by atoms with Crippen LogP contribution in [0.2, 0.25) is 0 Å². The van der Waals surface area contributed by atoms with E-state index in [9.17, 15) is 23.3 Å². The summed E-state index contributed by atoms with van der Waals surface area (Å²) in [6.07, 6.45) is 3.29. The van der Waals surface area contributed by atoms with Crippen LogP contribution in [0.5, 0.6) is 5.75 Å². The number of aryl methyl sites for hydroxylation is 1. The Kier molecular flexibility index (Phi) is 8.74. The van der Waals surface area contributed by atoms with Gasteiger partial charge in [-0.3, -0.25) is 19.2 Å². The van der Waals surface area contributed by atoms with Crippen LogP contribution in [0.4, 0.5) is 11.4 Å². The number of nitro benzene ring substituents is 1. The second-order valence-corrected chi connectivity index (χ2v) is 9.77. The number of benzene rings is 3. The van der Waals surface area contributed by atoms with Crippen molar-refractivity contribution in [2.45, 2.75) is 20.0 Å². The Bertz CT molecular complexity index is 1320. The van der Waals surface area contributed by atoms with Gasteiger partial charge in [-0.2, -0.15) is 5.10 Å². The van der Waals surface area contributed by atoms with Crippen molar-refractivity contribution in [3.8, 4) is 5.75 Å². The maximum atomic E-state index is 12.3. The summed E-state index contributed by atoms with van der Waals surface area (Å²) in [7, 11) is -3.67. The van der Waals surface area contributed by atoms with Crippen LogP contribution in [0.25, 0.3) is 0 Å². The summed E-state index contributed by atoms with van der Waals surface area (Å²) in [4.78, 5) is 22.6. The van der Waals surface area contributed by atoms with Crippen LogP contribution in [-0.4, -0.2) is 38.3 Å². The predicted octanol–water partition coefficient (Wildman–Crippen LogP) is 3.65. The predicted molar refractivity (Wildman–Crippen MR) is 138 cm³/mol. The smallest absolute Gasteiger partial charge is 0.269 e. The third-order valence-corrected chi connectivity index (χ3v) is 6.30. The Morgan fingerprint density at radius 2 is 1.64 bits per heavy atom. The fourth-order valence-corrected chi connectivity index (χ4v) is 4.03. The number of non-ortho nitro benzene ring substituents is 1. The zero-order valence-electron chi connectivity index (χ0n) is 19.8. The molecule has 0 aliphatic heterocycles. The molecule has 36 heavy (non-hydrogen) atoms. The molecule has 188 valence electrons. The van der Waals surface area contributed by atoms with E-state index in [0.717, 1.165) is 28.1 Å². The summed E-state index contributed by atoms with van der Waals surface area (Å²) in [5.74, 6) is 0.00622. The minimum Gasteiger partial charge on any atom is -0.489 e. The molecule has 0 bridgehead atoms. The Labute approximate surface area is 209 Å². The van der Waals surface area contributed by atoms with Gasteiger partial charge in [0.25, 0.3) is 11.6 Å². The minimum atomic E-state index is -3.67. The third kappa shape index (κ3) is 7.64. The van der Waals surface area contributed by atoms with Crippen LogP contribution in [0, 0.1) is 10.1 Å². The van der Waals surface area contributed by atoms with E-state index in [1.165, 1.54) is 18.3 Å². The third-order valence-electron chi connectivity index (χ3n) is 5.16. The van der Waals surface area contributed by atoms with Gasteiger partial charge >= 0.3 is 0 Å². The molecule has 0 unspecified atom stereocenters. The van der Waals surface area contributed by atoms with Crippen molar-refractivity contribution in [3.63, 3.8) is 0 Å². The number of hydrogen-bond acceptors (Lipinski definition) is 7. The monoisotopic (exact) mass is 510 g/mol. The number of hydrogen-bond donors (Lipinski definition) is 1. The lowest BCUT2D eigenvalue weighted by Gasteiger charge is -2.21. The highest BCUT2D eigenvalue weighted by Crippen LogP contribution is 2.19. The average Bonchev–Trinajstić information content (AvgIpc) is 2.86. The van der Waals surface area contributed by atoms with E-state index in [-0.39, 0.29) is 12.3 Å². The summed E-state index contributed by atoms with van der Waals surface area (Å²) in [5, 5.41) is 14.6. The molecular formula is C25H26N4O6S. The number of ether oxygens (including phenoxy) is 1. The second-order valence-electron chi connectivity index (χ2n) is 7.86. The van der Waals surface area contributed by atoms with Gasteiger partial charge in [-0.1, -0.05) is 19.1 Å². The van der Waals surface area contributed by atoms with Gasteiger partial charge in [0.05, 0.1) is 23.1 Å². The highest BCUT2D eigenvalue weighted by Gasteiger charge is 2.20. The van der Waals surface area contributed by atoms with Crippen LogP contribution in [-0.2, 0) is 27.8 Å². The number of carbonyl (C=O) groups excluding carboxylic acids is 1. The van der Waals surface area contributed by atoms with E-state index in [1.54, 1.807) is 48.5 Å². The van der Waals surface area contributed by atoms with Crippen molar-refractivity contribution in [2.75, 3.05) is 17.1 Å². The molecule has 0 aliphatic rings. The molecule has 11 heteroatoms. The zero-order chi connectivity index (χ0) is 26.1. The second kappa shape index (κ2) is 11.9. The van der Waals surface area contributed by atoms with Gasteiger partial charge in [-0.25, -0.2) is 13.8 Å². The van der Waals surface area contributed by atoms with Gasteiger partial charge in [-0.05, 0) is 71.6 Å². The van der Waals surface area contributed by atoms with E-state index in [1.807, 2.05) is 19.1 Å². The number of nitrogens with one attached hydrogen (secondary N) is 1. The zero-order valence-corrected chi connectivity index (χ0v) is 20.6. The molecule has 0 spiro atoms. The molecule has 0 saturated heterocycles. The first kappa shape index (κ1) is 26.4. The molecule has 10 nitrogen and oxygen atoms in total. The molecule has 0 atom stereocenters. The topological polar surface area (TPSA) is 131 Å². The van der Waals surface area contributed by atoms with Crippen LogP contribution in [0.15, 0.2) is 77.9 Å². The first-order valence-corrected chi connectivity index (χ1v) is 12.9. The number of amides is 1. The Hall–Kier alpha value is -4.25. The van der Waals surface area contributed by atoms with Crippen LogP contribution >= 0.6 is 0 Å². The van der Waals surface area contributed by atoms with Crippen LogP contribution in [0.1, 0.15) is 23.6 Å². The molecule has 3 aromatic rings. The average molecular weight is 511 g/mol. The fraction of sp³-hybridized carbons (Fsp3) is 0.200. The van der Waals surface area contributed by atoms with E-state index in [0.29, 0.717) is 17.0 Å². The normalized spacial score (nSPS) is 11.3. The van der Waals surface area contributed by atoms with Crippen LogP contribution in [0.3, 0.4) is 0 Å². The number of nitrogens with zero attached hydrogens (tertiary/aromatic N) is 3. The van der Waals surface area contributed by atoms with Crippen molar-refractivity contribution < 1.29 is 22.9 Å². The fourth-order valence-electron chi connectivity index (χ4n) is 3.17. The van der Waals surface area contributed by atoms with Crippen LogP contribution < -0.4 is 14.5 Å². The SMILES string of the molecule is CCc1ccc(N(CC(=O)N/N=C\c2ccc(OCc3ccc([N+](=O)[O-])cc3)cc2)S(C)(=O)=O)cc1. The van der Waals surface area contributed by atoms with Gasteiger partial charge in [-0.15, -0.1) is 0 Å². The Balaban J connectivity index is 1.53. The first-order chi connectivity index (χ1) is 17.2. The summed E-state index contributed by atoms with van der Waals surface area (Å²) in [6.45, 7) is 1.84. The molecule has 0 fully saturated rings. The minimum absolute atomic E-state index is 0.0177. The molecule has 0 radical (unpaired) electrons. The standard InChI is InChI=1S/C25H26N4O6S/c1-3-19-4-10-22(11-5-19)28(36(2,33)34)17-25(30)27-26-16-20-8-14-24(15-9-20)35-18-21-6-12-23(13-7-21)29(31)32/h4-16H,3,17-18H2,1-2H3,(H,27,30)/b26-16-. The lowest BCUT2D eigenvalue weighted by Crippen LogP contribution is -2.39. The molecule has 3 aromatic carbocycles. The van der Waals surface area contributed by atoms with Crippen molar-refractivity contribution in [1.29, 1.82) is 0 Å². The number of hydrazone groups is 1. The maximum absolute atomic E-state index is 12.3. The molecule has 1 amide bonds. The molecule has 0 aromatic heterocycles. The maximum Gasteiger partial charge on any atom is 0.269 e. The number of anilines is 1. The van der Waals surface area contributed by atoms with Crippen molar-refractivity contribution >= 4 is 33.5 Å². The van der Waals surface area contributed by atoms with E-state index in [2.05, 4.69) is 10.5 Å². The molecule has 1 N–H and O–H groups in total. The van der Waals surface area contributed by atoms with E-state index >= 15 is 0 Å². The summed E-state index contributed by atoms with van der Waals surface area (Å²) in [6, 6.07) is 20.0.